The van der Waals surface area contributed by atoms with Crippen molar-refractivity contribution in [2.24, 2.45) is 0 Å². The largest absolute Gasteiger partial charge is 0.490 e. The molecule has 0 aliphatic carbocycles. The lowest BCUT2D eigenvalue weighted by atomic mass is 10.2. The Hall–Kier alpha value is -1.13. The van der Waals surface area contributed by atoms with Gasteiger partial charge in [0.15, 0.2) is 5.75 Å². The number of benzene rings is 1. The van der Waals surface area contributed by atoms with Crippen molar-refractivity contribution >= 4 is 35.0 Å². The number of hydrogen-bond donors (Lipinski definition) is 1. The van der Waals surface area contributed by atoms with E-state index in [1.165, 1.54) is 0 Å². The predicted octanol–water partition coefficient (Wildman–Crippen LogP) is 5.52. The first-order valence-corrected chi connectivity index (χ1v) is 7.60. The molecule has 1 aromatic rings. The molecular weight excluding hydrogens is 313 g/mol. The second-order valence-electron chi connectivity index (χ2n) is 5.60. The molecule has 0 aromatic heterocycles. The van der Waals surface area contributed by atoms with Crippen LogP contribution in [-0.4, -0.2) is 18.3 Å². The smallest absolute Gasteiger partial charge is 0.412 e. The van der Waals surface area contributed by atoms with Gasteiger partial charge in [0.25, 0.3) is 0 Å². The van der Waals surface area contributed by atoms with E-state index in [1.807, 2.05) is 0 Å². The minimum atomic E-state index is -0.569. The zero-order chi connectivity index (χ0) is 16.0. The van der Waals surface area contributed by atoms with Gasteiger partial charge < -0.3 is 9.47 Å². The molecule has 6 heteroatoms. The fraction of sp³-hybridized carbons (Fsp3) is 0.533. The normalized spacial score (nSPS) is 11.1. The van der Waals surface area contributed by atoms with Crippen LogP contribution < -0.4 is 10.1 Å². The summed E-state index contributed by atoms with van der Waals surface area (Å²) in [6, 6.07) is 3.16. The summed E-state index contributed by atoms with van der Waals surface area (Å²) in [4.78, 5) is 11.7. The lowest BCUT2D eigenvalue weighted by Gasteiger charge is -2.20. The molecule has 0 aliphatic rings. The Labute approximate surface area is 135 Å². The van der Waals surface area contributed by atoms with Crippen LogP contribution in [0.25, 0.3) is 0 Å². The second kappa shape index (κ2) is 7.76. The molecule has 0 heterocycles. The summed E-state index contributed by atoms with van der Waals surface area (Å²) in [5.74, 6) is 0.432. The van der Waals surface area contributed by atoms with Crippen molar-refractivity contribution in [3.63, 3.8) is 0 Å². The van der Waals surface area contributed by atoms with Crippen LogP contribution >= 0.6 is 23.2 Å². The highest BCUT2D eigenvalue weighted by Gasteiger charge is 2.17. The number of halogens is 2. The first-order chi connectivity index (χ1) is 9.73. The molecule has 0 radical (unpaired) electrons. The van der Waals surface area contributed by atoms with Gasteiger partial charge in [0, 0.05) is 5.69 Å². The molecule has 118 valence electrons. The Morgan fingerprint density at radius 3 is 2.29 bits per heavy atom. The maximum atomic E-state index is 11.7. The summed E-state index contributed by atoms with van der Waals surface area (Å²) in [5.41, 5.74) is -0.108. The number of anilines is 1. The number of hydrogen-bond acceptors (Lipinski definition) is 3. The summed E-state index contributed by atoms with van der Waals surface area (Å²) in [7, 11) is 0. The van der Waals surface area contributed by atoms with Crippen molar-refractivity contribution in [1.82, 2.24) is 0 Å². The second-order valence-corrected chi connectivity index (χ2v) is 6.41. The molecule has 0 spiro atoms. The number of carbonyl (C=O) groups is 1. The molecule has 1 rings (SSSR count). The van der Waals surface area contributed by atoms with Gasteiger partial charge in [-0.1, -0.05) is 36.5 Å². The van der Waals surface area contributed by atoms with E-state index in [0.29, 0.717) is 28.1 Å². The minimum absolute atomic E-state index is 0.352. The van der Waals surface area contributed by atoms with Gasteiger partial charge in [-0.05, 0) is 39.3 Å². The van der Waals surface area contributed by atoms with Gasteiger partial charge in [-0.25, -0.2) is 4.79 Å². The average molecular weight is 334 g/mol. The number of unbranched alkanes of at least 4 members (excludes halogenated alkanes) is 1. The predicted molar refractivity (Wildman–Crippen MR) is 86.7 cm³/mol. The highest BCUT2D eigenvalue weighted by atomic mass is 35.5. The Balaban J connectivity index is 2.76. The fourth-order valence-electron chi connectivity index (χ4n) is 1.51. The van der Waals surface area contributed by atoms with Crippen LogP contribution in [-0.2, 0) is 4.74 Å². The van der Waals surface area contributed by atoms with E-state index in [9.17, 15) is 4.79 Å². The van der Waals surface area contributed by atoms with Crippen molar-refractivity contribution < 1.29 is 14.3 Å². The van der Waals surface area contributed by atoms with Gasteiger partial charge in [0.2, 0.25) is 0 Å². The highest BCUT2D eigenvalue weighted by Crippen LogP contribution is 2.36. The zero-order valence-electron chi connectivity index (χ0n) is 12.8. The maximum Gasteiger partial charge on any atom is 0.412 e. The molecule has 0 unspecified atom stereocenters. The topological polar surface area (TPSA) is 47.6 Å². The molecule has 1 N–H and O–H groups in total. The number of nitrogens with one attached hydrogen (secondary N) is 1. The van der Waals surface area contributed by atoms with Crippen LogP contribution in [0.15, 0.2) is 12.1 Å². The van der Waals surface area contributed by atoms with E-state index in [1.54, 1.807) is 32.9 Å². The monoisotopic (exact) mass is 333 g/mol. The molecule has 4 nitrogen and oxygen atoms in total. The van der Waals surface area contributed by atoms with Crippen molar-refractivity contribution in [1.29, 1.82) is 0 Å². The molecule has 0 saturated heterocycles. The molecule has 0 atom stereocenters. The summed E-state index contributed by atoms with van der Waals surface area (Å²) < 4.78 is 10.7. The Morgan fingerprint density at radius 1 is 1.24 bits per heavy atom. The van der Waals surface area contributed by atoms with E-state index in [-0.39, 0.29) is 0 Å². The molecule has 1 amide bonds. The van der Waals surface area contributed by atoms with Crippen molar-refractivity contribution in [3.05, 3.63) is 22.2 Å². The van der Waals surface area contributed by atoms with E-state index in [2.05, 4.69) is 12.2 Å². The van der Waals surface area contributed by atoms with Crippen LogP contribution in [0.4, 0.5) is 10.5 Å². The van der Waals surface area contributed by atoms with Crippen LogP contribution in [0.3, 0.4) is 0 Å². The molecule has 0 fully saturated rings. The van der Waals surface area contributed by atoms with Crippen molar-refractivity contribution in [2.75, 3.05) is 11.9 Å². The van der Waals surface area contributed by atoms with Crippen LogP contribution in [0, 0.1) is 0 Å². The summed E-state index contributed by atoms with van der Waals surface area (Å²) in [6.45, 7) is 7.99. The Kier molecular flexibility index (Phi) is 6.62. The van der Waals surface area contributed by atoms with Crippen molar-refractivity contribution in [2.45, 2.75) is 46.1 Å². The fourth-order valence-corrected chi connectivity index (χ4v) is 2.11. The lowest BCUT2D eigenvalue weighted by molar-refractivity contribution is 0.0636. The minimum Gasteiger partial charge on any atom is -0.490 e. The van der Waals surface area contributed by atoms with Gasteiger partial charge in [0.1, 0.15) is 5.60 Å². The number of ether oxygens (including phenoxy) is 2. The van der Waals surface area contributed by atoms with Gasteiger partial charge in [-0.15, -0.1) is 0 Å². The van der Waals surface area contributed by atoms with Gasteiger partial charge in [-0.2, -0.15) is 0 Å². The summed E-state index contributed by atoms with van der Waals surface area (Å²) in [6.07, 6.45) is 1.38. The molecule has 0 saturated carbocycles. The van der Waals surface area contributed by atoms with E-state index >= 15 is 0 Å². The van der Waals surface area contributed by atoms with E-state index in [4.69, 9.17) is 32.7 Å². The molecule has 0 aliphatic heterocycles. The molecule has 1 aromatic carbocycles. The molecule has 0 bridgehead atoms. The number of amides is 1. The van der Waals surface area contributed by atoms with Gasteiger partial charge >= 0.3 is 6.09 Å². The lowest BCUT2D eigenvalue weighted by Crippen LogP contribution is -2.27. The maximum absolute atomic E-state index is 11.7. The number of rotatable bonds is 5. The zero-order valence-corrected chi connectivity index (χ0v) is 14.3. The van der Waals surface area contributed by atoms with Crippen molar-refractivity contribution in [3.8, 4) is 5.75 Å². The van der Waals surface area contributed by atoms with E-state index in [0.717, 1.165) is 12.8 Å². The first kappa shape index (κ1) is 17.9. The molecule has 21 heavy (non-hydrogen) atoms. The summed E-state index contributed by atoms with van der Waals surface area (Å²) in [5, 5.41) is 3.29. The third-order valence-corrected chi connectivity index (χ3v) is 2.95. The third kappa shape index (κ3) is 6.44. The molecular formula is C15H21Cl2NO3. The quantitative estimate of drug-likeness (QED) is 0.721. The Bertz CT molecular complexity index is 475. The SMILES string of the molecule is CCCCOc1c(Cl)cc(NC(=O)OC(C)(C)C)cc1Cl. The first-order valence-electron chi connectivity index (χ1n) is 6.84. The van der Waals surface area contributed by atoms with E-state index < -0.39 is 11.7 Å². The van der Waals surface area contributed by atoms with Gasteiger partial charge in [-0.3, -0.25) is 5.32 Å². The standard InChI is InChI=1S/C15H21Cl2NO3/c1-5-6-7-20-13-11(16)8-10(9-12(13)17)18-14(19)21-15(2,3)4/h8-9H,5-7H2,1-4H3,(H,18,19). The van der Waals surface area contributed by atoms with Crippen LogP contribution in [0.5, 0.6) is 5.75 Å². The Morgan fingerprint density at radius 2 is 1.81 bits per heavy atom. The van der Waals surface area contributed by atoms with Gasteiger partial charge in [0.05, 0.1) is 16.7 Å². The van der Waals surface area contributed by atoms with Crippen LogP contribution in [0.1, 0.15) is 40.5 Å². The average Bonchev–Trinajstić information content (AvgIpc) is 2.30. The van der Waals surface area contributed by atoms with Crippen LogP contribution in [0.2, 0.25) is 10.0 Å². The highest BCUT2D eigenvalue weighted by molar-refractivity contribution is 6.37. The third-order valence-electron chi connectivity index (χ3n) is 2.39. The number of carbonyl (C=O) groups excluding carboxylic acids is 1. The summed E-state index contributed by atoms with van der Waals surface area (Å²) >= 11 is 12.3.